The number of benzene rings is 2. The maximum absolute atomic E-state index is 8.39. The standard InChI is InChI=1S/C13H9Cl2NO2/c14-10-3-6-13(12(15)7-10)18-11-4-1-9(2-5-11)8-16-17/h1-8,17H/b16-8+. The van der Waals surface area contributed by atoms with Crippen LogP contribution in [-0.2, 0) is 0 Å². The minimum Gasteiger partial charge on any atom is -0.456 e. The zero-order chi connectivity index (χ0) is 13.0. The predicted molar refractivity (Wildman–Crippen MR) is 72.4 cm³/mol. The summed E-state index contributed by atoms with van der Waals surface area (Å²) in [6.45, 7) is 0. The third-order valence-electron chi connectivity index (χ3n) is 2.21. The summed E-state index contributed by atoms with van der Waals surface area (Å²) in [5, 5.41) is 12.3. The van der Waals surface area contributed by atoms with Crippen LogP contribution in [0.1, 0.15) is 5.56 Å². The van der Waals surface area contributed by atoms with Crippen molar-refractivity contribution in [2.24, 2.45) is 5.16 Å². The molecule has 3 nitrogen and oxygen atoms in total. The molecule has 0 aliphatic heterocycles. The third-order valence-corrected chi connectivity index (χ3v) is 2.74. The summed E-state index contributed by atoms with van der Waals surface area (Å²) in [6.07, 6.45) is 1.33. The van der Waals surface area contributed by atoms with Gasteiger partial charge in [0, 0.05) is 5.02 Å². The summed E-state index contributed by atoms with van der Waals surface area (Å²) in [5.74, 6) is 1.17. The fraction of sp³-hybridized carbons (Fsp3) is 0. The highest BCUT2D eigenvalue weighted by Gasteiger charge is 2.03. The van der Waals surface area contributed by atoms with Gasteiger partial charge in [-0.1, -0.05) is 28.4 Å². The van der Waals surface area contributed by atoms with Crippen LogP contribution >= 0.6 is 23.2 Å². The van der Waals surface area contributed by atoms with E-state index in [1.54, 1.807) is 42.5 Å². The molecular formula is C13H9Cl2NO2. The number of rotatable bonds is 3. The quantitative estimate of drug-likeness (QED) is 0.508. The highest BCUT2D eigenvalue weighted by molar-refractivity contribution is 6.35. The van der Waals surface area contributed by atoms with Crippen molar-refractivity contribution in [3.05, 3.63) is 58.1 Å². The topological polar surface area (TPSA) is 41.8 Å². The van der Waals surface area contributed by atoms with E-state index in [2.05, 4.69) is 5.16 Å². The number of nitrogens with zero attached hydrogens (tertiary/aromatic N) is 1. The lowest BCUT2D eigenvalue weighted by Gasteiger charge is -2.07. The van der Waals surface area contributed by atoms with Gasteiger partial charge in [0.2, 0.25) is 0 Å². The lowest BCUT2D eigenvalue weighted by Crippen LogP contribution is -1.86. The molecule has 0 spiro atoms. The monoisotopic (exact) mass is 281 g/mol. The summed E-state index contributed by atoms with van der Waals surface area (Å²) in [7, 11) is 0. The molecule has 0 bridgehead atoms. The molecule has 0 atom stereocenters. The second-order valence-corrected chi connectivity index (χ2v) is 4.33. The van der Waals surface area contributed by atoms with E-state index in [0.717, 1.165) is 5.56 Å². The highest BCUT2D eigenvalue weighted by atomic mass is 35.5. The Morgan fingerprint density at radius 2 is 1.78 bits per heavy atom. The van der Waals surface area contributed by atoms with E-state index in [0.29, 0.717) is 21.5 Å². The summed E-state index contributed by atoms with van der Waals surface area (Å²) in [4.78, 5) is 0. The summed E-state index contributed by atoms with van der Waals surface area (Å²) in [5.41, 5.74) is 0.770. The minimum absolute atomic E-state index is 0.448. The number of halogens is 2. The molecule has 0 fully saturated rings. The Morgan fingerprint density at radius 3 is 2.39 bits per heavy atom. The van der Waals surface area contributed by atoms with Gasteiger partial charge < -0.3 is 9.94 Å². The molecule has 0 saturated carbocycles. The Balaban J connectivity index is 2.18. The van der Waals surface area contributed by atoms with Gasteiger partial charge in [-0.05, 0) is 48.0 Å². The number of hydrogen-bond donors (Lipinski definition) is 1. The highest BCUT2D eigenvalue weighted by Crippen LogP contribution is 2.31. The molecular weight excluding hydrogens is 273 g/mol. The Morgan fingerprint density at radius 1 is 1.06 bits per heavy atom. The van der Waals surface area contributed by atoms with E-state index >= 15 is 0 Å². The molecule has 18 heavy (non-hydrogen) atoms. The number of ether oxygens (including phenoxy) is 1. The van der Waals surface area contributed by atoms with Crippen LogP contribution in [0, 0.1) is 0 Å². The molecule has 0 unspecified atom stereocenters. The zero-order valence-corrected chi connectivity index (χ0v) is 10.7. The van der Waals surface area contributed by atoms with E-state index < -0.39 is 0 Å². The van der Waals surface area contributed by atoms with Crippen molar-refractivity contribution in [3.63, 3.8) is 0 Å². The molecule has 0 aliphatic carbocycles. The largest absolute Gasteiger partial charge is 0.456 e. The first-order chi connectivity index (χ1) is 8.69. The van der Waals surface area contributed by atoms with Gasteiger partial charge in [-0.3, -0.25) is 0 Å². The fourth-order valence-electron chi connectivity index (χ4n) is 1.37. The molecule has 0 heterocycles. The van der Waals surface area contributed by atoms with Crippen LogP contribution in [0.2, 0.25) is 10.0 Å². The van der Waals surface area contributed by atoms with E-state index in [9.17, 15) is 0 Å². The molecule has 2 aromatic rings. The Labute approximate surface area is 114 Å². The molecule has 0 aliphatic rings. The summed E-state index contributed by atoms with van der Waals surface area (Å²) in [6, 6.07) is 12.1. The van der Waals surface area contributed by atoms with E-state index in [1.165, 1.54) is 6.21 Å². The minimum atomic E-state index is 0.448. The SMILES string of the molecule is O/N=C/c1ccc(Oc2ccc(Cl)cc2Cl)cc1. The van der Waals surface area contributed by atoms with Crippen LogP contribution < -0.4 is 4.74 Å². The zero-order valence-electron chi connectivity index (χ0n) is 9.18. The molecule has 2 aromatic carbocycles. The average molecular weight is 282 g/mol. The number of oxime groups is 1. The molecule has 5 heteroatoms. The second kappa shape index (κ2) is 5.76. The summed E-state index contributed by atoms with van der Waals surface area (Å²) >= 11 is 11.8. The van der Waals surface area contributed by atoms with Crippen molar-refractivity contribution >= 4 is 29.4 Å². The first kappa shape index (κ1) is 12.7. The van der Waals surface area contributed by atoms with E-state index in [4.69, 9.17) is 33.1 Å². The van der Waals surface area contributed by atoms with Crippen molar-refractivity contribution < 1.29 is 9.94 Å². The summed E-state index contributed by atoms with van der Waals surface area (Å²) < 4.78 is 5.60. The van der Waals surface area contributed by atoms with E-state index in [1.807, 2.05) is 0 Å². The van der Waals surface area contributed by atoms with Gasteiger partial charge in [-0.15, -0.1) is 0 Å². The van der Waals surface area contributed by atoms with Crippen molar-refractivity contribution in [2.75, 3.05) is 0 Å². The van der Waals surface area contributed by atoms with Gasteiger partial charge in [-0.25, -0.2) is 0 Å². The maximum atomic E-state index is 8.39. The Kier molecular flexibility index (Phi) is 4.07. The molecule has 1 N–H and O–H groups in total. The lowest BCUT2D eigenvalue weighted by molar-refractivity contribution is 0.322. The van der Waals surface area contributed by atoms with E-state index in [-0.39, 0.29) is 0 Å². The lowest BCUT2D eigenvalue weighted by atomic mass is 10.2. The van der Waals surface area contributed by atoms with Gasteiger partial charge >= 0.3 is 0 Å². The van der Waals surface area contributed by atoms with Gasteiger partial charge in [0.05, 0.1) is 11.2 Å². The van der Waals surface area contributed by atoms with Crippen LogP contribution in [0.15, 0.2) is 47.6 Å². The molecule has 0 radical (unpaired) electrons. The molecule has 2 rings (SSSR count). The Hall–Kier alpha value is -1.71. The third kappa shape index (κ3) is 3.15. The van der Waals surface area contributed by atoms with Crippen LogP contribution in [0.4, 0.5) is 0 Å². The van der Waals surface area contributed by atoms with Gasteiger partial charge in [-0.2, -0.15) is 0 Å². The van der Waals surface area contributed by atoms with Crippen LogP contribution in [-0.4, -0.2) is 11.4 Å². The van der Waals surface area contributed by atoms with Gasteiger partial charge in [0.15, 0.2) is 0 Å². The fourth-order valence-corrected chi connectivity index (χ4v) is 1.82. The first-order valence-corrected chi connectivity index (χ1v) is 5.85. The van der Waals surface area contributed by atoms with Crippen molar-refractivity contribution in [1.29, 1.82) is 0 Å². The first-order valence-electron chi connectivity index (χ1n) is 5.09. The van der Waals surface area contributed by atoms with Crippen LogP contribution in [0.25, 0.3) is 0 Å². The van der Waals surface area contributed by atoms with Gasteiger partial charge in [0.1, 0.15) is 11.5 Å². The average Bonchev–Trinajstić information content (AvgIpc) is 2.35. The Bertz CT molecular complexity index is 568. The molecule has 92 valence electrons. The molecule has 0 amide bonds. The van der Waals surface area contributed by atoms with Crippen molar-refractivity contribution in [2.45, 2.75) is 0 Å². The van der Waals surface area contributed by atoms with Crippen molar-refractivity contribution in [1.82, 2.24) is 0 Å². The second-order valence-electron chi connectivity index (χ2n) is 3.49. The van der Waals surface area contributed by atoms with Crippen molar-refractivity contribution in [3.8, 4) is 11.5 Å². The molecule has 0 saturated heterocycles. The maximum Gasteiger partial charge on any atom is 0.146 e. The van der Waals surface area contributed by atoms with Crippen LogP contribution in [0.3, 0.4) is 0 Å². The van der Waals surface area contributed by atoms with Gasteiger partial charge in [0.25, 0.3) is 0 Å². The van der Waals surface area contributed by atoms with Crippen LogP contribution in [0.5, 0.6) is 11.5 Å². The predicted octanol–water partition coefficient (Wildman–Crippen LogP) is 4.59. The smallest absolute Gasteiger partial charge is 0.146 e. The molecule has 0 aromatic heterocycles. The normalized spacial score (nSPS) is 10.8. The number of hydrogen-bond acceptors (Lipinski definition) is 3.